The fourth-order valence-corrected chi connectivity index (χ4v) is 4.11. The van der Waals surface area contributed by atoms with Crippen LogP contribution in [-0.2, 0) is 4.79 Å². The summed E-state index contributed by atoms with van der Waals surface area (Å²) in [4.78, 5) is 18.8. The van der Waals surface area contributed by atoms with Crippen LogP contribution in [0, 0.1) is 11.3 Å². The Bertz CT molecular complexity index is 934. The van der Waals surface area contributed by atoms with Crippen LogP contribution in [0.1, 0.15) is 42.5 Å². The molecule has 0 bridgehead atoms. The van der Waals surface area contributed by atoms with Crippen LogP contribution in [0.3, 0.4) is 0 Å². The summed E-state index contributed by atoms with van der Waals surface area (Å²) in [5.41, 5.74) is 4.13. The molecule has 1 fully saturated rings. The minimum Gasteiger partial charge on any atom is -0.360 e. The van der Waals surface area contributed by atoms with Crippen molar-refractivity contribution in [1.29, 1.82) is 5.26 Å². The van der Waals surface area contributed by atoms with Gasteiger partial charge in [0.1, 0.15) is 12.3 Å². The van der Waals surface area contributed by atoms with Crippen LogP contribution in [-0.4, -0.2) is 28.3 Å². The molecule has 1 aromatic carbocycles. The number of aromatic nitrogens is 1. The molecule has 0 radical (unpaired) electrons. The Morgan fingerprint density at radius 2 is 1.89 bits per heavy atom. The normalized spacial score (nSPS) is 20.0. The number of allylic oxidation sites excluding steroid dienone is 2. The highest BCUT2D eigenvalue weighted by Gasteiger charge is 2.33. The van der Waals surface area contributed by atoms with E-state index in [2.05, 4.69) is 22.2 Å². The third-order valence-corrected chi connectivity index (χ3v) is 5.43. The van der Waals surface area contributed by atoms with Gasteiger partial charge < -0.3 is 9.69 Å². The second kappa shape index (κ2) is 7.59. The van der Waals surface area contributed by atoms with Gasteiger partial charge in [0, 0.05) is 24.0 Å². The smallest absolute Gasteiger partial charge is 0.147 e. The second-order valence-corrected chi connectivity index (χ2v) is 7.02. The van der Waals surface area contributed by atoms with Gasteiger partial charge in [0.05, 0.1) is 17.3 Å². The molecule has 4 rings (SSSR count). The zero-order valence-electron chi connectivity index (χ0n) is 15.1. The molecule has 1 aliphatic heterocycles. The first-order chi connectivity index (χ1) is 13.3. The van der Waals surface area contributed by atoms with Gasteiger partial charge in [-0.3, -0.25) is 4.98 Å². The van der Waals surface area contributed by atoms with Crippen LogP contribution in [0.25, 0.3) is 11.1 Å². The number of rotatable bonds is 4. The number of pyridine rings is 1. The van der Waals surface area contributed by atoms with Crippen molar-refractivity contribution >= 4 is 17.4 Å². The Labute approximate surface area is 159 Å². The fourth-order valence-electron chi connectivity index (χ4n) is 4.11. The molecule has 1 unspecified atom stereocenters. The van der Waals surface area contributed by atoms with E-state index in [0.717, 1.165) is 41.5 Å². The largest absolute Gasteiger partial charge is 0.360 e. The lowest BCUT2D eigenvalue weighted by Gasteiger charge is -2.37. The number of carbonyl (C=O) groups excluding carboxylic acids is 1. The third kappa shape index (κ3) is 3.29. The summed E-state index contributed by atoms with van der Waals surface area (Å²) in [5.74, 6) is 0. The van der Waals surface area contributed by atoms with E-state index in [0.29, 0.717) is 11.6 Å². The van der Waals surface area contributed by atoms with E-state index in [1.54, 1.807) is 12.3 Å². The van der Waals surface area contributed by atoms with E-state index in [4.69, 9.17) is 0 Å². The molecule has 0 saturated heterocycles. The van der Waals surface area contributed by atoms with E-state index in [1.165, 1.54) is 12.8 Å². The topological polar surface area (TPSA) is 57.0 Å². The Morgan fingerprint density at radius 1 is 1.11 bits per heavy atom. The highest BCUT2D eigenvalue weighted by molar-refractivity contribution is 5.94. The lowest BCUT2D eigenvalue weighted by atomic mass is 9.88. The molecule has 134 valence electrons. The Morgan fingerprint density at radius 3 is 2.59 bits per heavy atom. The van der Waals surface area contributed by atoms with Gasteiger partial charge in [0.2, 0.25) is 0 Å². The van der Waals surface area contributed by atoms with Gasteiger partial charge in [-0.15, -0.1) is 0 Å². The predicted molar refractivity (Wildman–Crippen MR) is 105 cm³/mol. The van der Waals surface area contributed by atoms with Crippen LogP contribution >= 0.6 is 0 Å². The molecule has 1 aromatic heterocycles. The molecule has 0 spiro atoms. The van der Waals surface area contributed by atoms with E-state index in [9.17, 15) is 10.1 Å². The quantitative estimate of drug-likeness (QED) is 0.771. The highest BCUT2D eigenvalue weighted by atomic mass is 16.1. The third-order valence-electron chi connectivity index (χ3n) is 5.43. The zero-order chi connectivity index (χ0) is 18.6. The van der Waals surface area contributed by atoms with E-state index in [1.807, 2.05) is 42.5 Å². The minimum absolute atomic E-state index is 0.344. The summed E-state index contributed by atoms with van der Waals surface area (Å²) in [6.07, 6.45) is 11.4. The van der Waals surface area contributed by atoms with Gasteiger partial charge >= 0.3 is 0 Å². The first-order valence-electron chi connectivity index (χ1n) is 9.39. The molecule has 2 aliphatic rings. The van der Waals surface area contributed by atoms with Crippen LogP contribution < -0.4 is 0 Å². The summed E-state index contributed by atoms with van der Waals surface area (Å²) in [6.45, 7) is 0. The first kappa shape index (κ1) is 17.2. The number of nitriles is 1. The lowest BCUT2D eigenvalue weighted by molar-refractivity contribution is -0.110. The first-order valence-corrected chi connectivity index (χ1v) is 9.39. The zero-order valence-corrected chi connectivity index (χ0v) is 15.1. The van der Waals surface area contributed by atoms with Crippen LogP contribution in [0.2, 0.25) is 0 Å². The summed E-state index contributed by atoms with van der Waals surface area (Å²) >= 11 is 0. The molecule has 1 atom stereocenters. The standard InChI is InChI=1S/C23H21N3O/c24-14-17-7-1-4-10-20(17)21-13-18(22-11-5-6-12-25-22)15-26(23(21)16-27)19-8-2-3-9-19/h1,4-7,10-13,15-16,19,23H,2-3,8-9H2. The highest BCUT2D eigenvalue weighted by Crippen LogP contribution is 2.37. The van der Waals surface area contributed by atoms with Crippen molar-refractivity contribution < 1.29 is 4.79 Å². The molecular weight excluding hydrogens is 334 g/mol. The van der Waals surface area contributed by atoms with Crippen LogP contribution in [0.15, 0.2) is 60.9 Å². The number of hydrogen-bond acceptors (Lipinski definition) is 4. The molecule has 0 amide bonds. The molecule has 4 heteroatoms. The number of nitrogens with zero attached hydrogens (tertiary/aromatic N) is 3. The minimum atomic E-state index is -0.380. The molecule has 4 nitrogen and oxygen atoms in total. The van der Waals surface area contributed by atoms with E-state index < -0.39 is 0 Å². The van der Waals surface area contributed by atoms with Crippen molar-refractivity contribution in [2.75, 3.05) is 0 Å². The molecule has 2 aromatic rings. The molecule has 0 N–H and O–H groups in total. The van der Waals surface area contributed by atoms with Crippen molar-refractivity contribution in [2.45, 2.75) is 37.8 Å². The molecule has 1 aliphatic carbocycles. The fraction of sp³-hybridized carbons (Fsp3) is 0.261. The van der Waals surface area contributed by atoms with E-state index >= 15 is 0 Å². The molecule has 2 heterocycles. The average Bonchev–Trinajstić information content (AvgIpc) is 3.28. The van der Waals surface area contributed by atoms with Crippen molar-refractivity contribution in [2.24, 2.45) is 0 Å². The number of benzene rings is 1. The Balaban J connectivity index is 1.86. The van der Waals surface area contributed by atoms with Crippen molar-refractivity contribution in [3.8, 4) is 6.07 Å². The predicted octanol–water partition coefficient (Wildman–Crippen LogP) is 4.20. The number of carbonyl (C=O) groups is 1. The van der Waals surface area contributed by atoms with Gasteiger partial charge in [0.15, 0.2) is 0 Å². The maximum absolute atomic E-state index is 12.1. The van der Waals surface area contributed by atoms with Crippen LogP contribution in [0.4, 0.5) is 0 Å². The maximum Gasteiger partial charge on any atom is 0.147 e. The Hall–Kier alpha value is -3.19. The SMILES string of the molecule is N#Cc1ccccc1C1=CC(c2ccccn2)=CN(C2CCCC2)C1C=O. The molecule has 27 heavy (non-hydrogen) atoms. The molecular formula is C23H21N3O. The van der Waals surface area contributed by atoms with E-state index in [-0.39, 0.29) is 6.04 Å². The van der Waals surface area contributed by atoms with Gasteiger partial charge in [-0.1, -0.05) is 37.1 Å². The van der Waals surface area contributed by atoms with Gasteiger partial charge in [-0.25, -0.2) is 0 Å². The van der Waals surface area contributed by atoms with Gasteiger partial charge in [0.25, 0.3) is 0 Å². The number of hydrogen-bond donors (Lipinski definition) is 0. The van der Waals surface area contributed by atoms with Crippen molar-refractivity contribution in [3.05, 3.63) is 77.8 Å². The monoisotopic (exact) mass is 355 g/mol. The Kier molecular flexibility index (Phi) is 4.84. The summed E-state index contributed by atoms with van der Waals surface area (Å²) < 4.78 is 0. The molecule has 1 saturated carbocycles. The van der Waals surface area contributed by atoms with Crippen molar-refractivity contribution in [1.82, 2.24) is 9.88 Å². The average molecular weight is 355 g/mol. The number of aldehydes is 1. The van der Waals surface area contributed by atoms with Gasteiger partial charge in [-0.05, 0) is 48.3 Å². The summed E-state index contributed by atoms with van der Waals surface area (Å²) in [5, 5.41) is 9.56. The lowest BCUT2D eigenvalue weighted by Crippen LogP contribution is -2.41. The van der Waals surface area contributed by atoms with Crippen LogP contribution in [0.5, 0.6) is 0 Å². The summed E-state index contributed by atoms with van der Waals surface area (Å²) in [6, 6.07) is 15.6. The summed E-state index contributed by atoms with van der Waals surface area (Å²) in [7, 11) is 0. The van der Waals surface area contributed by atoms with Gasteiger partial charge in [-0.2, -0.15) is 5.26 Å². The maximum atomic E-state index is 12.1. The second-order valence-electron chi connectivity index (χ2n) is 7.02. The van der Waals surface area contributed by atoms with Crippen molar-refractivity contribution in [3.63, 3.8) is 0 Å².